The van der Waals surface area contributed by atoms with Crippen molar-refractivity contribution < 1.29 is 14.3 Å². The summed E-state index contributed by atoms with van der Waals surface area (Å²) in [6, 6.07) is 5.19. The molecule has 116 valence electrons. The molecule has 1 rings (SSSR count). The zero-order valence-corrected chi connectivity index (χ0v) is 12.9. The minimum atomic E-state index is -0.888. The van der Waals surface area contributed by atoms with Gasteiger partial charge in [-0.2, -0.15) is 0 Å². The summed E-state index contributed by atoms with van der Waals surface area (Å²) in [6.07, 6.45) is -0.807. The summed E-state index contributed by atoms with van der Waals surface area (Å²) in [6.45, 7) is 8.31. The minimum absolute atomic E-state index is 0.342. The maximum absolute atomic E-state index is 11.6. The Kier molecular flexibility index (Phi) is 6.17. The number of carbonyl (C=O) groups excluding carboxylic acids is 2. The van der Waals surface area contributed by atoms with Gasteiger partial charge >= 0.3 is 6.03 Å². The molecule has 0 aliphatic heterocycles. The fourth-order valence-electron chi connectivity index (χ4n) is 1.74. The third kappa shape index (κ3) is 5.83. The Morgan fingerprint density at radius 2 is 1.95 bits per heavy atom. The second-order valence-corrected chi connectivity index (χ2v) is 5.26. The number of imide groups is 1. The number of rotatable bonds is 6. The molecule has 0 aromatic heterocycles. The van der Waals surface area contributed by atoms with Crippen LogP contribution in [0.15, 0.2) is 18.2 Å². The van der Waals surface area contributed by atoms with E-state index in [0.29, 0.717) is 18.3 Å². The summed E-state index contributed by atoms with van der Waals surface area (Å²) < 4.78 is 5.64. The van der Waals surface area contributed by atoms with Crippen LogP contribution in [-0.2, 0) is 11.3 Å². The summed E-state index contributed by atoms with van der Waals surface area (Å²) in [4.78, 5) is 22.3. The maximum atomic E-state index is 11.6. The van der Waals surface area contributed by atoms with E-state index in [1.54, 1.807) is 6.92 Å². The highest BCUT2D eigenvalue weighted by Gasteiger charge is 2.17. The average Bonchev–Trinajstić information content (AvgIpc) is 2.37. The first-order valence-electron chi connectivity index (χ1n) is 6.89. The first-order valence-corrected chi connectivity index (χ1v) is 6.89. The molecule has 0 aliphatic carbocycles. The maximum Gasteiger partial charge on any atom is 0.318 e. The van der Waals surface area contributed by atoms with E-state index < -0.39 is 18.0 Å². The van der Waals surface area contributed by atoms with E-state index in [1.807, 2.05) is 30.4 Å². The van der Waals surface area contributed by atoms with Crippen LogP contribution in [0.2, 0.25) is 0 Å². The molecule has 0 saturated carbocycles. The van der Waals surface area contributed by atoms with Gasteiger partial charge in [-0.1, -0.05) is 31.5 Å². The summed E-state index contributed by atoms with van der Waals surface area (Å²) in [5, 5.41) is 5.31. The van der Waals surface area contributed by atoms with Crippen molar-refractivity contribution in [2.24, 2.45) is 5.73 Å². The lowest BCUT2D eigenvalue weighted by molar-refractivity contribution is -0.126. The van der Waals surface area contributed by atoms with E-state index in [4.69, 9.17) is 10.5 Å². The van der Waals surface area contributed by atoms with Gasteiger partial charge in [-0.25, -0.2) is 4.79 Å². The van der Waals surface area contributed by atoms with Gasteiger partial charge in [-0.15, -0.1) is 0 Å². The first kappa shape index (κ1) is 17.0. The summed E-state index contributed by atoms with van der Waals surface area (Å²) in [5.41, 5.74) is 6.99. The van der Waals surface area contributed by atoms with Gasteiger partial charge in [0.2, 0.25) is 0 Å². The molecule has 6 heteroatoms. The number of amides is 3. The van der Waals surface area contributed by atoms with Crippen molar-refractivity contribution in [1.29, 1.82) is 0 Å². The predicted molar refractivity (Wildman–Crippen MR) is 81.0 cm³/mol. The number of carbonyl (C=O) groups is 2. The molecule has 0 aliphatic rings. The highest BCUT2D eigenvalue weighted by atomic mass is 16.5. The Labute approximate surface area is 125 Å². The van der Waals surface area contributed by atoms with Crippen LogP contribution in [-0.4, -0.2) is 24.1 Å². The van der Waals surface area contributed by atoms with E-state index in [9.17, 15) is 9.59 Å². The van der Waals surface area contributed by atoms with Gasteiger partial charge in [0.15, 0.2) is 6.10 Å². The van der Waals surface area contributed by atoms with Gasteiger partial charge < -0.3 is 15.8 Å². The molecule has 0 bridgehead atoms. The monoisotopic (exact) mass is 293 g/mol. The molecule has 0 saturated heterocycles. The molecule has 21 heavy (non-hydrogen) atoms. The second-order valence-electron chi connectivity index (χ2n) is 5.26. The lowest BCUT2D eigenvalue weighted by Crippen LogP contribution is -2.42. The number of primary amides is 1. The van der Waals surface area contributed by atoms with E-state index in [2.05, 4.69) is 19.2 Å². The number of aryl methyl sites for hydroxylation is 1. The molecule has 6 nitrogen and oxygen atoms in total. The first-order chi connectivity index (χ1) is 9.79. The number of nitrogens with one attached hydrogen (secondary N) is 2. The molecule has 0 fully saturated rings. The molecular weight excluding hydrogens is 270 g/mol. The molecule has 1 aromatic rings. The molecule has 1 aromatic carbocycles. The largest absolute Gasteiger partial charge is 0.481 e. The topological polar surface area (TPSA) is 93.4 Å². The third-order valence-electron chi connectivity index (χ3n) is 2.84. The van der Waals surface area contributed by atoms with Crippen LogP contribution in [0, 0.1) is 6.92 Å². The van der Waals surface area contributed by atoms with Crippen LogP contribution in [0.3, 0.4) is 0 Å². The van der Waals surface area contributed by atoms with Crippen LogP contribution in [0.5, 0.6) is 5.75 Å². The Hall–Kier alpha value is -2.08. The van der Waals surface area contributed by atoms with Crippen LogP contribution in [0.1, 0.15) is 31.9 Å². The lowest BCUT2D eigenvalue weighted by Gasteiger charge is -2.18. The number of hydrogen-bond acceptors (Lipinski definition) is 4. The number of benzene rings is 1. The number of ether oxygens (including phenoxy) is 1. The zero-order chi connectivity index (χ0) is 16.0. The summed E-state index contributed by atoms with van der Waals surface area (Å²) >= 11 is 0. The fourth-order valence-corrected chi connectivity index (χ4v) is 1.74. The van der Waals surface area contributed by atoms with E-state index in [-0.39, 0.29) is 0 Å². The van der Waals surface area contributed by atoms with Crippen LogP contribution < -0.4 is 21.1 Å². The van der Waals surface area contributed by atoms with E-state index in [0.717, 1.165) is 11.1 Å². The Bertz CT molecular complexity index is 515. The van der Waals surface area contributed by atoms with Crippen molar-refractivity contribution in [2.45, 2.75) is 46.4 Å². The van der Waals surface area contributed by atoms with E-state index >= 15 is 0 Å². The van der Waals surface area contributed by atoms with Crippen molar-refractivity contribution in [3.05, 3.63) is 29.3 Å². The highest BCUT2D eigenvalue weighted by molar-refractivity contribution is 5.95. The van der Waals surface area contributed by atoms with Gasteiger partial charge in [-0.05, 0) is 19.9 Å². The van der Waals surface area contributed by atoms with Gasteiger partial charge in [-0.3, -0.25) is 10.1 Å². The molecule has 0 spiro atoms. The van der Waals surface area contributed by atoms with Crippen molar-refractivity contribution in [3.8, 4) is 5.75 Å². The lowest BCUT2D eigenvalue weighted by atomic mass is 10.1. The van der Waals surface area contributed by atoms with Gasteiger partial charge in [0.1, 0.15) is 5.75 Å². The molecular formula is C15H23N3O3. The Morgan fingerprint density at radius 1 is 1.29 bits per heavy atom. The van der Waals surface area contributed by atoms with Gasteiger partial charge in [0.25, 0.3) is 5.91 Å². The summed E-state index contributed by atoms with van der Waals surface area (Å²) in [7, 11) is 0. The standard InChI is InChI=1S/C15H23N3O3/c1-9(2)17-8-12-7-10(3)5-6-13(12)21-11(4)14(19)18-15(16)20/h5-7,9,11,17H,8H2,1-4H3,(H3,16,18,19,20). The molecule has 0 radical (unpaired) electrons. The number of urea groups is 1. The van der Waals surface area contributed by atoms with Gasteiger partial charge in [0.05, 0.1) is 0 Å². The predicted octanol–water partition coefficient (Wildman–Crippen LogP) is 1.46. The van der Waals surface area contributed by atoms with Crippen LogP contribution >= 0.6 is 0 Å². The average molecular weight is 293 g/mol. The van der Waals surface area contributed by atoms with Crippen molar-refractivity contribution in [3.63, 3.8) is 0 Å². The van der Waals surface area contributed by atoms with E-state index in [1.165, 1.54) is 0 Å². The Morgan fingerprint density at radius 3 is 2.52 bits per heavy atom. The van der Waals surface area contributed by atoms with Gasteiger partial charge in [0, 0.05) is 18.2 Å². The molecule has 1 atom stereocenters. The minimum Gasteiger partial charge on any atom is -0.481 e. The molecule has 3 amide bonds. The highest BCUT2D eigenvalue weighted by Crippen LogP contribution is 2.21. The Balaban J connectivity index is 2.81. The quantitative estimate of drug-likeness (QED) is 0.740. The smallest absolute Gasteiger partial charge is 0.318 e. The van der Waals surface area contributed by atoms with Crippen LogP contribution in [0.4, 0.5) is 4.79 Å². The van der Waals surface area contributed by atoms with Crippen molar-refractivity contribution in [2.75, 3.05) is 0 Å². The molecule has 1 unspecified atom stereocenters. The third-order valence-corrected chi connectivity index (χ3v) is 2.84. The number of nitrogens with two attached hydrogens (primary N) is 1. The van der Waals surface area contributed by atoms with Crippen molar-refractivity contribution in [1.82, 2.24) is 10.6 Å². The summed E-state index contributed by atoms with van der Waals surface area (Å²) in [5.74, 6) is 0.0479. The second kappa shape index (κ2) is 7.64. The zero-order valence-electron chi connectivity index (χ0n) is 12.9. The molecule has 4 N–H and O–H groups in total. The van der Waals surface area contributed by atoms with Crippen molar-refractivity contribution >= 4 is 11.9 Å². The van der Waals surface area contributed by atoms with Crippen LogP contribution in [0.25, 0.3) is 0 Å². The fraction of sp³-hybridized carbons (Fsp3) is 0.467. The normalized spacial score (nSPS) is 12.0. The molecule has 0 heterocycles. The SMILES string of the molecule is Cc1ccc(OC(C)C(=O)NC(N)=O)c(CNC(C)C)c1. The number of hydrogen-bond donors (Lipinski definition) is 3.